The summed E-state index contributed by atoms with van der Waals surface area (Å²) in [7, 11) is 0. The lowest BCUT2D eigenvalue weighted by Crippen LogP contribution is -1.87. The van der Waals surface area contributed by atoms with Crippen molar-refractivity contribution in [3.63, 3.8) is 0 Å². The van der Waals surface area contributed by atoms with Crippen molar-refractivity contribution in [1.29, 1.82) is 0 Å². The fourth-order valence-corrected chi connectivity index (χ4v) is 0.431. The second-order valence-electron chi connectivity index (χ2n) is 0.806. The van der Waals surface area contributed by atoms with Gasteiger partial charge in [0.05, 0.1) is 0 Å². The zero-order chi connectivity index (χ0) is 4.99. The van der Waals surface area contributed by atoms with Gasteiger partial charge in [0.15, 0.2) is 0 Å². The zero-order valence-electron chi connectivity index (χ0n) is 3.82. The van der Waals surface area contributed by atoms with E-state index in [1.165, 1.54) is 0 Å². The van der Waals surface area contributed by atoms with Crippen molar-refractivity contribution in [1.82, 2.24) is 0 Å². The summed E-state index contributed by atoms with van der Waals surface area (Å²) in [6.45, 7) is 1.67. The molecule has 0 saturated carbocycles. The van der Waals surface area contributed by atoms with Gasteiger partial charge in [-0.3, -0.25) is 0 Å². The van der Waals surface area contributed by atoms with Crippen molar-refractivity contribution in [2.24, 2.45) is 0 Å². The molecule has 0 radical (unpaired) electrons. The second kappa shape index (κ2) is 3.08. The first-order valence-electron chi connectivity index (χ1n) is 1.53. The Morgan fingerprint density at radius 1 is 1.67 bits per heavy atom. The van der Waals surface area contributed by atoms with Gasteiger partial charge >= 0.3 is 0 Å². The van der Waals surface area contributed by atoms with Crippen LogP contribution in [0.4, 0.5) is 0 Å². The van der Waals surface area contributed by atoms with Crippen LogP contribution >= 0.6 is 0 Å². The van der Waals surface area contributed by atoms with Crippen molar-refractivity contribution in [2.45, 2.75) is 6.92 Å². The maximum absolute atomic E-state index is 9.98. The molecule has 1 unspecified atom stereocenters. The van der Waals surface area contributed by atoms with E-state index in [1.54, 1.807) is 13.2 Å². The second-order valence-corrected chi connectivity index (χ2v) is 1.92. The number of hydrogen-bond acceptors (Lipinski definition) is 1. The van der Waals surface area contributed by atoms with E-state index in [9.17, 15) is 4.55 Å². The van der Waals surface area contributed by atoms with Crippen LogP contribution in [-0.4, -0.2) is 10.8 Å². The van der Waals surface area contributed by atoms with Gasteiger partial charge < -0.3 is 4.55 Å². The minimum atomic E-state index is -0.927. The molecule has 0 rings (SSSR count). The standard InChI is InChI=1S/C4H6OS/c1-3-4-6(2)5/h1-2H3. The van der Waals surface area contributed by atoms with Gasteiger partial charge in [0.25, 0.3) is 0 Å². The molecule has 0 bridgehead atoms. The summed E-state index contributed by atoms with van der Waals surface area (Å²) in [5.74, 6) is 2.52. The molecule has 34 valence electrons. The first-order chi connectivity index (χ1) is 2.77. The van der Waals surface area contributed by atoms with E-state index in [1.807, 2.05) is 0 Å². The van der Waals surface area contributed by atoms with Crippen LogP contribution in [0.5, 0.6) is 0 Å². The number of hydrogen-bond donors (Lipinski definition) is 0. The Morgan fingerprint density at radius 2 is 2.17 bits per heavy atom. The lowest BCUT2D eigenvalue weighted by molar-refractivity contribution is 0.610. The van der Waals surface area contributed by atoms with Crippen LogP contribution in [0.2, 0.25) is 0 Å². The summed E-state index contributed by atoms with van der Waals surface area (Å²) >= 11 is -0.927. The van der Waals surface area contributed by atoms with Crippen LogP contribution in [0.3, 0.4) is 0 Å². The Bertz CT molecular complexity index is 77.3. The van der Waals surface area contributed by atoms with E-state index in [0.717, 1.165) is 0 Å². The van der Waals surface area contributed by atoms with Crippen LogP contribution in [0.25, 0.3) is 0 Å². The molecular weight excluding hydrogens is 96.1 g/mol. The normalized spacial score (nSPS) is 11.8. The summed E-state index contributed by atoms with van der Waals surface area (Å²) in [5.41, 5.74) is 0. The van der Waals surface area contributed by atoms with E-state index in [2.05, 4.69) is 11.2 Å². The van der Waals surface area contributed by atoms with Gasteiger partial charge in [0.1, 0.15) is 11.5 Å². The highest BCUT2D eigenvalue weighted by Crippen LogP contribution is 1.72. The average molecular weight is 102 g/mol. The van der Waals surface area contributed by atoms with Crippen molar-refractivity contribution in [3.05, 3.63) is 0 Å². The SMILES string of the molecule is CC#C[S+](C)[O-]. The summed E-state index contributed by atoms with van der Waals surface area (Å²) in [4.78, 5) is 0. The molecule has 0 spiro atoms. The fourth-order valence-electron chi connectivity index (χ4n) is 0.144. The molecule has 0 aliphatic heterocycles. The molecule has 0 aliphatic rings. The lowest BCUT2D eigenvalue weighted by atomic mass is 10.9. The molecule has 0 fully saturated rings. The molecule has 0 heterocycles. The highest BCUT2D eigenvalue weighted by molar-refractivity contribution is 7.95. The molecule has 1 nitrogen and oxygen atoms in total. The Morgan fingerprint density at radius 3 is 2.17 bits per heavy atom. The first-order valence-corrected chi connectivity index (χ1v) is 3.09. The van der Waals surface area contributed by atoms with Gasteiger partial charge in [-0.05, 0) is 5.92 Å². The van der Waals surface area contributed by atoms with E-state index < -0.39 is 11.2 Å². The Balaban J connectivity index is 3.20. The molecule has 0 amide bonds. The molecule has 0 aliphatic carbocycles. The third kappa shape index (κ3) is 3.87. The molecule has 0 aromatic rings. The van der Waals surface area contributed by atoms with Gasteiger partial charge in [-0.25, -0.2) is 0 Å². The third-order valence-electron chi connectivity index (χ3n) is 0.246. The molecule has 1 atom stereocenters. The van der Waals surface area contributed by atoms with Crippen LogP contribution < -0.4 is 0 Å². The highest BCUT2D eigenvalue weighted by atomic mass is 32.2. The van der Waals surface area contributed by atoms with Crippen molar-refractivity contribution >= 4 is 11.2 Å². The summed E-state index contributed by atoms with van der Waals surface area (Å²) < 4.78 is 9.98. The molecule has 0 aromatic heterocycles. The maximum atomic E-state index is 9.98. The van der Waals surface area contributed by atoms with Crippen LogP contribution in [0.1, 0.15) is 6.92 Å². The Labute approximate surface area is 40.9 Å². The zero-order valence-corrected chi connectivity index (χ0v) is 4.63. The summed E-state index contributed by atoms with van der Waals surface area (Å²) in [6, 6.07) is 0. The predicted octanol–water partition coefficient (Wildman–Crippen LogP) is 0.346. The molecular formula is C4H6OS. The number of rotatable bonds is 0. The van der Waals surface area contributed by atoms with Gasteiger partial charge in [0, 0.05) is 18.1 Å². The summed E-state index contributed by atoms with van der Waals surface area (Å²) in [6.07, 6.45) is 1.55. The van der Waals surface area contributed by atoms with Gasteiger partial charge in [-0.15, -0.1) is 0 Å². The quantitative estimate of drug-likeness (QED) is 0.319. The lowest BCUT2D eigenvalue weighted by Gasteiger charge is -1.85. The predicted molar refractivity (Wildman–Crippen MR) is 27.5 cm³/mol. The minimum absolute atomic E-state index is 0.927. The van der Waals surface area contributed by atoms with Crippen LogP contribution in [0.15, 0.2) is 0 Å². The van der Waals surface area contributed by atoms with E-state index >= 15 is 0 Å². The van der Waals surface area contributed by atoms with E-state index in [4.69, 9.17) is 0 Å². The van der Waals surface area contributed by atoms with Crippen LogP contribution in [-0.2, 0) is 11.2 Å². The van der Waals surface area contributed by atoms with Crippen molar-refractivity contribution < 1.29 is 4.55 Å². The Kier molecular flexibility index (Phi) is 3.01. The molecule has 0 aromatic carbocycles. The molecule has 6 heavy (non-hydrogen) atoms. The van der Waals surface area contributed by atoms with Gasteiger partial charge in [-0.1, -0.05) is 0 Å². The largest absolute Gasteiger partial charge is 0.604 e. The first kappa shape index (κ1) is 5.87. The van der Waals surface area contributed by atoms with E-state index in [0.29, 0.717) is 0 Å². The van der Waals surface area contributed by atoms with Gasteiger partial charge in [0.2, 0.25) is 0 Å². The third-order valence-corrected chi connectivity index (χ3v) is 0.737. The van der Waals surface area contributed by atoms with Crippen molar-refractivity contribution in [2.75, 3.05) is 6.26 Å². The molecule has 0 saturated heterocycles. The average Bonchev–Trinajstić information content (AvgIpc) is 1.35. The topological polar surface area (TPSA) is 23.1 Å². The summed E-state index contributed by atoms with van der Waals surface area (Å²) in [5, 5.41) is 2.43. The van der Waals surface area contributed by atoms with Crippen molar-refractivity contribution in [3.8, 4) is 11.2 Å². The minimum Gasteiger partial charge on any atom is -0.604 e. The Hall–Kier alpha value is -0.130. The molecule has 2 heteroatoms. The maximum Gasteiger partial charge on any atom is 0.149 e. The van der Waals surface area contributed by atoms with E-state index in [-0.39, 0.29) is 0 Å². The highest BCUT2D eigenvalue weighted by Gasteiger charge is 1.78. The monoisotopic (exact) mass is 102 g/mol. The fraction of sp³-hybridized carbons (Fsp3) is 0.500. The smallest absolute Gasteiger partial charge is 0.149 e. The van der Waals surface area contributed by atoms with Gasteiger partial charge in [-0.2, -0.15) is 0 Å². The van der Waals surface area contributed by atoms with Crippen LogP contribution in [0, 0.1) is 11.2 Å². The molecule has 0 N–H and O–H groups in total.